The lowest BCUT2D eigenvalue weighted by atomic mass is 9.89. The minimum atomic E-state index is -0.0884. The molecule has 1 heterocycles. The van der Waals surface area contributed by atoms with Crippen molar-refractivity contribution in [2.45, 2.75) is 29.1 Å². The van der Waals surface area contributed by atoms with E-state index in [1.54, 1.807) is 30.0 Å². The molecule has 3 heteroatoms. The maximum absolute atomic E-state index is 12.6. The van der Waals surface area contributed by atoms with Gasteiger partial charge in [0.25, 0.3) is 0 Å². The van der Waals surface area contributed by atoms with Crippen molar-refractivity contribution >= 4 is 17.5 Å². The van der Waals surface area contributed by atoms with Crippen LogP contribution in [0.5, 0.6) is 5.75 Å². The first kappa shape index (κ1) is 12.3. The SMILES string of the molecule is CC[C@H]1C(=O)c2ccc(O)cc2Sc2ccccc21. The number of hydrogen-bond donors (Lipinski definition) is 1. The first-order chi connectivity index (χ1) is 9.20. The molecule has 2 aromatic rings. The molecule has 1 aliphatic heterocycles. The Balaban J connectivity index is 2.23. The molecule has 0 saturated carbocycles. The van der Waals surface area contributed by atoms with Crippen LogP contribution in [0, 0.1) is 0 Å². The lowest BCUT2D eigenvalue weighted by molar-refractivity contribution is 0.0954. The number of carbonyl (C=O) groups excluding carboxylic acids is 1. The molecule has 19 heavy (non-hydrogen) atoms. The van der Waals surface area contributed by atoms with E-state index in [0.29, 0.717) is 5.56 Å². The Morgan fingerprint density at radius 3 is 2.74 bits per heavy atom. The predicted octanol–water partition coefficient (Wildman–Crippen LogP) is 4.23. The second kappa shape index (κ2) is 4.74. The van der Waals surface area contributed by atoms with Gasteiger partial charge in [-0.2, -0.15) is 0 Å². The Morgan fingerprint density at radius 1 is 1.16 bits per heavy atom. The summed E-state index contributed by atoms with van der Waals surface area (Å²) in [4.78, 5) is 14.6. The topological polar surface area (TPSA) is 37.3 Å². The van der Waals surface area contributed by atoms with Crippen molar-refractivity contribution in [2.24, 2.45) is 0 Å². The van der Waals surface area contributed by atoms with E-state index in [0.717, 1.165) is 21.8 Å². The van der Waals surface area contributed by atoms with Crippen LogP contribution in [0.4, 0.5) is 0 Å². The third-order valence-electron chi connectivity index (χ3n) is 3.47. The Hall–Kier alpha value is -1.74. The van der Waals surface area contributed by atoms with Gasteiger partial charge in [0.15, 0.2) is 5.78 Å². The van der Waals surface area contributed by atoms with Gasteiger partial charge in [-0.3, -0.25) is 4.79 Å². The van der Waals surface area contributed by atoms with Gasteiger partial charge in [0.2, 0.25) is 0 Å². The molecule has 1 atom stereocenters. The van der Waals surface area contributed by atoms with Crippen molar-refractivity contribution in [1.29, 1.82) is 0 Å². The summed E-state index contributed by atoms with van der Waals surface area (Å²) in [6, 6.07) is 13.0. The third-order valence-corrected chi connectivity index (χ3v) is 4.62. The third kappa shape index (κ3) is 2.04. The van der Waals surface area contributed by atoms with Crippen LogP contribution >= 0.6 is 11.8 Å². The number of phenolic OH excluding ortho intramolecular Hbond substituents is 1. The molecule has 2 aromatic carbocycles. The second-order valence-corrected chi connectivity index (χ2v) is 5.73. The molecular formula is C16H14O2S. The molecule has 0 fully saturated rings. The van der Waals surface area contributed by atoms with Gasteiger partial charge < -0.3 is 5.11 Å². The average molecular weight is 270 g/mol. The molecule has 1 N–H and O–H groups in total. The predicted molar refractivity (Wildman–Crippen MR) is 76.0 cm³/mol. The normalized spacial score (nSPS) is 17.5. The number of Topliss-reactive ketones (excluding diaryl/α,β-unsaturated/α-hetero) is 1. The molecule has 1 aliphatic rings. The molecule has 0 bridgehead atoms. The first-order valence-electron chi connectivity index (χ1n) is 6.34. The summed E-state index contributed by atoms with van der Waals surface area (Å²) in [5.41, 5.74) is 1.81. The van der Waals surface area contributed by atoms with E-state index in [1.165, 1.54) is 0 Å². The molecule has 0 amide bonds. The molecule has 0 saturated heterocycles. The number of fused-ring (bicyclic) bond motifs is 2. The summed E-state index contributed by atoms with van der Waals surface area (Å²) in [5.74, 6) is 0.260. The summed E-state index contributed by atoms with van der Waals surface area (Å²) in [5, 5.41) is 9.61. The molecule has 96 valence electrons. The highest BCUT2D eigenvalue weighted by Gasteiger charge is 2.28. The Morgan fingerprint density at radius 2 is 1.95 bits per heavy atom. The van der Waals surface area contributed by atoms with Crippen molar-refractivity contribution in [3.05, 3.63) is 53.6 Å². The van der Waals surface area contributed by atoms with E-state index in [1.807, 2.05) is 31.2 Å². The fourth-order valence-electron chi connectivity index (χ4n) is 2.51. The van der Waals surface area contributed by atoms with Gasteiger partial charge in [-0.15, -0.1) is 0 Å². The summed E-state index contributed by atoms with van der Waals surface area (Å²) in [6.07, 6.45) is 0.788. The number of ketones is 1. The van der Waals surface area contributed by atoms with Crippen LogP contribution in [-0.4, -0.2) is 10.9 Å². The van der Waals surface area contributed by atoms with Crippen molar-refractivity contribution < 1.29 is 9.90 Å². The van der Waals surface area contributed by atoms with Crippen molar-refractivity contribution in [3.63, 3.8) is 0 Å². The molecule has 2 nitrogen and oxygen atoms in total. The monoisotopic (exact) mass is 270 g/mol. The highest BCUT2D eigenvalue weighted by atomic mass is 32.2. The van der Waals surface area contributed by atoms with Crippen LogP contribution in [0.3, 0.4) is 0 Å². The van der Waals surface area contributed by atoms with E-state index in [9.17, 15) is 9.90 Å². The lowest BCUT2D eigenvalue weighted by Gasteiger charge is -2.13. The van der Waals surface area contributed by atoms with Gasteiger partial charge in [-0.25, -0.2) is 0 Å². The Bertz CT molecular complexity index is 649. The average Bonchev–Trinajstić information content (AvgIpc) is 2.52. The van der Waals surface area contributed by atoms with Gasteiger partial charge in [0.05, 0.1) is 0 Å². The highest BCUT2D eigenvalue weighted by molar-refractivity contribution is 7.99. The zero-order valence-corrected chi connectivity index (χ0v) is 11.4. The molecule has 3 rings (SSSR count). The van der Waals surface area contributed by atoms with E-state index in [2.05, 4.69) is 0 Å². The quantitative estimate of drug-likeness (QED) is 0.842. The van der Waals surface area contributed by atoms with E-state index < -0.39 is 0 Å². The number of phenols is 1. The van der Waals surface area contributed by atoms with Gasteiger partial charge in [-0.05, 0) is 36.2 Å². The summed E-state index contributed by atoms with van der Waals surface area (Å²) < 4.78 is 0. The Labute approximate surface area is 116 Å². The fourth-order valence-corrected chi connectivity index (χ4v) is 3.68. The lowest BCUT2D eigenvalue weighted by Crippen LogP contribution is -2.11. The van der Waals surface area contributed by atoms with Crippen LogP contribution in [0.2, 0.25) is 0 Å². The largest absolute Gasteiger partial charge is 0.508 e. The molecular weight excluding hydrogens is 256 g/mol. The fraction of sp³-hybridized carbons (Fsp3) is 0.188. The van der Waals surface area contributed by atoms with E-state index in [-0.39, 0.29) is 17.5 Å². The summed E-state index contributed by atoms with van der Waals surface area (Å²) in [6.45, 7) is 2.04. The van der Waals surface area contributed by atoms with Crippen LogP contribution in [-0.2, 0) is 0 Å². The standard InChI is InChI=1S/C16H14O2S/c1-2-11-12-5-3-4-6-14(12)19-15-9-10(17)7-8-13(15)16(11)18/h3-9,11,17H,2H2,1H3/t11-/m1/s1. The summed E-state index contributed by atoms with van der Waals surface area (Å²) in [7, 11) is 0. The van der Waals surface area contributed by atoms with Gasteiger partial charge in [0, 0.05) is 21.3 Å². The van der Waals surface area contributed by atoms with Crippen molar-refractivity contribution in [3.8, 4) is 5.75 Å². The molecule has 0 spiro atoms. The first-order valence-corrected chi connectivity index (χ1v) is 7.16. The van der Waals surface area contributed by atoms with Crippen molar-refractivity contribution in [1.82, 2.24) is 0 Å². The van der Waals surface area contributed by atoms with Crippen LogP contribution < -0.4 is 0 Å². The van der Waals surface area contributed by atoms with Crippen LogP contribution in [0.1, 0.15) is 35.2 Å². The van der Waals surface area contributed by atoms with Crippen molar-refractivity contribution in [2.75, 3.05) is 0 Å². The minimum Gasteiger partial charge on any atom is -0.508 e. The highest BCUT2D eigenvalue weighted by Crippen LogP contribution is 2.43. The van der Waals surface area contributed by atoms with Crippen LogP contribution in [0.15, 0.2) is 52.3 Å². The zero-order valence-electron chi connectivity index (χ0n) is 10.6. The maximum Gasteiger partial charge on any atom is 0.171 e. The second-order valence-electron chi connectivity index (χ2n) is 4.65. The molecule has 0 unspecified atom stereocenters. The number of aromatic hydroxyl groups is 1. The van der Waals surface area contributed by atoms with Crippen LogP contribution in [0.25, 0.3) is 0 Å². The smallest absolute Gasteiger partial charge is 0.171 e. The van der Waals surface area contributed by atoms with E-state index >= 15 is 0 Å². The van der Waals surface area contributed by atoms with Gasteiger partial charge in [0.1, 0.15) is 5.75 Å². The molecule has 0 radical (unpaired) electrons. The number of hydrogen-bond acceptors (Lipinski definition) is 3. The van der Waals surface area contributed by atoms with E-state index in [4.69, 9.17) is 0 Å². The van der Waals surface area contributed by atoms with Gasteiger partial charge in [-0.1, -0.05) is 36.9 Å². The maximum atomic E-state index is 12.6. The Kier molecular flexibility index (Phi) is 3.07. The zero-order chi connectivity index (χ0) is 13.4. The number of benzene rings is 2. The van der Waals surface area contributed by atoms with Gasteiger partial charge >= 0.3 is 0 Å². The number of rotatable bonds is 1. The number of carbonyl (C=O) groups is 1. The molecule has 0 aromatic heterocycles. The molecule has 0 aliphatic carbocycles. The minimum absolute atomic E-state index is 0.0884. The summed E-state index contributed by atoms with van der Waals surface area (Å²) >= 11 is 1.56.